The quantitative estimate of drug-likeness (QED) is 0.777. The van der Waals surface area contributed by atoms with Crippen molar-refractivity contribution in [2.75, 3.05) is 18.1 Å². The van der Waals surface area contributed by atoms with E-state index in [2.05, 4.69) is 65.5 Å². The molecule has 1 heterocycles. The molecule has 0 radical (unpaired) electrons. The summed E-state index contributed by atoms with van der Waals surface area (Å²) in [6, 6.07) is 20.6. The third kappa shape index (κ3) is 3.54. The van der Waals surface area contributed by atoms with Crippen molar-refractivity contribution in [1.29, 1.82) is 0 Å². The van der Waals surface area contributed by atoms with Crippen LogP contribution in [0.25, 0.3) is 6.08 Å². The minimum Gasteiger partial charge on any atom is -0.280 e. The number of nitrogens with zero attached hydrogens (tertiary/aromatic N) is 4. The fourth-order valence-electron chi connectivity index (χ4n) is 3.04. The molecule has 0 saturated heterocycles. The third-order valence-electron chi connectivity index (χ3n) is 4.33. The van der Waals surface area contributed by atoms with Crippen LogP contribution in [0.5, 0.6) is 0 Å². The second-order valence-electron chi connectivity index (χ2n) is 5.78. The van der Waals surface area contributed by atoms with Gasteiger partial charge in [-0.1, -0.05) is 79.8 Å². The largest absolute Gasteiger partial charge is 0.280 e. The molecule has 0 aliphatic carbocycles. The van der Waals surface area contributed by atoms with Crippen LogP contribution in [-0.2, 0) is 0 Å². The molecule has 0 bridgehead atoms. The molecule has 4 heteroatoms. The SMILES string of the molecule is CCN(CC)[C@@H]1[C@@H](/C=C/c2ccccc2)N=NN1c1ccccc1. The van der Waals surface area contributed by atoms with Crippen LogP contribution in [0.3, 0.4) is 0 Å². The number of likely N-dealkylation sites (N-methyl/N-ethyl adjacent to an activating group) is 1. The van der Waals surface area contributed by atoms with Gasteiger partial charge in [0.1, 0.15) is 12.2 Å². The van der Waals surface area contributed by atoms with E-state index in [-0.39, 0.29) is 12.2 Å². The Hall–Kier alpha value is -2.46. The molecule has 2 aromatic carbocycles. The summed E-state index contributed by atoms with van der Waals surface area (Å²) in [5.41, 5.74) is 2.26. The van der Waals surface area contributed by atoms with Gasteiger partial charge in [0.25, 0.3) is 0 Å². The highest BCUT2D eigenvalue weighted by molar-refractivity contribution is 5.52. The van der Waals surface area contributed by atoms with Crippen LogP contribution in [0.15, 0.2) is 77.1 Å². The average molecular weight is 320 g/mol. The van der Waals surface area contributed by atoms with Crippen molar-refractivity contribution in [3.63, 3.8) is 0 Å². The van der Waals surface area contributed by atoms with Gasteiger partial charge in [-0.15, -0.1) is 0 Å². The Morgan fingerprint density at radius 2 is 1.58 bits per heavy atom. The molecule has 24 heavy (non-hydrogen) atoms. The van der Waals surface area contributed by atoms with Crippen LogP contribution in [-0.4, -0.2) is 30.2 Å². The predicted octanol–water partition coefficient (Wildman–Crippen LogP) is 4.62. The lowest BCUT2D eigenvalue weighted by atomic mass is 10.1. The van der Waals surface area contributed by atoms with E-state index in [0.29, 0.717) is 0 Å². The Morgan fingerprint density at radius 3 is 2.21 bits per heavy atom. The van der Waals surface area contributed by atoms with Crippen LogP contribution >= 0.6 is 0 Å². The number of hydrogen-bond acceptors (Lipinski definition) is 4. The zero-order chi connectivity index (χ0) is 16.8. The topological polar surface area (TPSA) is 31.2 Å². The molecule has 124 valence electrons. The normalized spacial score (nSPS) is 20.4. The second-order valence-corrected chi connectivity index (χ2v) is 5.78. The van der Waals surface area contributed by atoms with E-state index < -0.39 is 0 Å². The summed E-state index contributed by atoms with van der Waals surface area (Å²) in [6.07, 6.45) is 4.40. The monoisotopic (exact) mass is 320 g/mol. The molecule has 4 nitrogen and oxygen atoms in total. The summed E-state index contributed by atoms with van der Waals surface area (Å²) < 4.78 is 0. The first-order valence-electron chi connectivity index (χ1n) is 8.55. The van der Waals surface area contributed by atoms with E-state index in [1.807, 2.05) is 41.4 Å². The molecule has 0 saturated carbocycles. The van der Waals surface area contributed by atoms with Crippen LogP contribution in [0.4, 0.5) is 5.69 Å². The minimum atomic E-state index is 0.0188. The van der Waals surface area contributed by atoms with Gasteiger partial charge in [-0.2, -0.15) is 5.11 Å². The van der Waals surface area contributed by atoms with E-state index >= 15 is 0 Å². The summed E-state index contributed by atoms with van der Waals surface area (Å²) in [5.74, 6) is 0. The van der Waals surface area contributed by atoms with Crippen molar-refractivity contribution in [3.05, 3.63) is 72.3 Å². The standard InChI is InChI=1S/C20H24N4/c1-3-23(4-2)20-19(16-15-17-11-7-5-8-12-17)21-22-24(20)18-13-9-6-10-14-18/h5-16,19-20H,3-4H2,1-2H3/b16-15+/t19-,20+/m1/s1. The average Bonchev–Trinajstić information content (AvgIpc) is 3.07. The van der Waals surface area contributed by atoms with E-state index in [1.165, 1.54) is 5.56 Å². The number of benzene rings is 2. The van der Waals surface area contributed by atoms with E-state index in [9.17, 15) is 0 Å². The van der Waals surface area contributed by atoms with Crippen molar-refractivity contribution < 1.29 is 0 Å². The van der Waals surface area contributed by atoms with Gasteiger partial charge in [-0.05, 0) is 30.8 Å². The van der Waals surface area contributed by atoms with Gasteiger partial charge in [0, 0.05) is 0 Å². The molecular weight excluding hydrogens is 296 g/mol. The summed E-state index contributed by atoms with van der Waals surface area (Å²) in [6.45, 7) is 6.29. The molecule has 0 fully saturated rings. The smallest absolute Gasteiger partial charge is 0.134 e. The van der Waals surface area contributed by atoms with Crippen molar-refractivity contribution in [3.8, 4) is 0 Å². The van der Waals surface area contributed by atoms with Gasteiger partial charge < -0.3 is 0 Å². The van der Waals surface area contributed by atoms with Crippen molar-refractivity contribution >= 4 is 11.8 Å². The lowest BCUT2D eigenvalue weighted by Crippen LogP contribution is -2.49. The summed E-state index contributed by atoms with van der Waals surface area (Å²) in [5, 5.41) is 11.0. The Kier molecular flexibility index (Phi) is 5.39. The number of anilines is 1. The molecule has 2 atom stereocenters. The predicted molar refractivity (Wildman–Crippen MR) is 99.8 cm³/mol. The molecule has 0 aromatic heterocycles. The maximum absolute atomic E-state index is 4.53. The lowest BCUT2D eigenvalue weighted by Gasteiger charge is -2.34. The first-order valence-corrected chi connectivity index (χ1v) is 8.55. The van der Waals surface area contributed by atoms with Crippen LogP contribution in [0.2, 0.25) is 0 Å². The van der Waals surface area contributed by atoms with Crippen LogP contribution in [0.1, 0.15) is 19.4 Å². The molecular formula is C20H24N4. The first kappa shape index (κ1) is 16.4. The molecule has 3 rings (SSSR count). The third-order valence-corrected chi connectivity index (χ3v) is 4.33. The minimum absolute atomic E-state index is 0.0188. The highest BCUT2D eigenvalue weighted by Crippen LogP contribution is 2.28. The number of rotatable bonds is 6. The highest BCUT2D eigenvalue weighted by atomic mass is 15.7. The molecule has 0 N–H and O–H groups in total. The first-order chi connectivity index (χ1) is 11.8. The fraction of sp³-hybridized carbons (Fsp3) is 0.300. The Balaban J connectivity index is 1.86. The van der Waals surface area contributed by atoms with Crippen molar-refractivity contribution in [2.45, 2.75) is 26.1 Å². The highest BCUT2D eigenvalue weighted by Gasteiger charge is 2.35. The zero-order valence-corrected chi connectivity index (χ0v) is 14.3. The Labute approximate surface area is 144 Å². The molecule has 1 aliphatic rings. The van der Waals surface area contributed by atoms with Gasteiger partial charge in [0.05, 0.1) is 5.69 Å². The van der Waals surface area contributed by atoms with Crippen LogP contribution in [0, 0.1) is 0 Å². The zero-order valence-electron chi connectivity index (χ0n) is 14.3. The Morgan fingerprint density at radius 1 is 0.958 bits per heavy atom. The van der Waals surface area contributed by atoms with Gasteiger partial charge in [0.15, 0.2) is 0 Å². The molecule has 0 spiro atoms. The van der Waals surface area contributed by atoms with E-state index in [0.717, 1.165) is 18.8 Å². The fourth-order valence-corrected chi connectivity index (χ4v) is 3.04. The van der Waals surface area contributed by atoms with Crippen molar-refractivity contribution in [2.24, 2.45) is 10.3 Å². The lowest BCUT2D eigenvalue weighted by molar-refractivity contribution is 0.212. The van der Waals surface area contributed by atoms with Gasteiger partial charge in [-0.25, -0.2) is 5.01 Å². The molecule has 0 amide bonds. The maximum atomic E-state index is 4.53. The van der Waals surface area contributed by atoms with E-state index in [1.54, 1.807) is 0 Å². The Bertz CT molecular complexity index is 677. The molecule has 1 aliphatic heterocycles. The van der Waals surface area contributed by atoms with Gasteiger partial charge in [0.2, 0.25) is 0 Å². The summed E-state index contributed by atoms with van der Waals surface area (Å²) >= 11 is 0. The number of para-hydroxylation sites is 1. The second kappa shape index (κ2) is 7.88. The maximum Gasteiger partial charge on any atom is 0.134 e. The molecule has 0 unspecified atom stereocenters. The molecule has 2 aromatic rings. The summed E-state index contributed by atoms with van der Waals surface area (Å²) in [4.78, 5) is 2.40. The number of hydrogen-bond donors (Lipinski definition) is 0. The summed E-state index contributed by atoms with van der Waals surface area (Å²) in [7, 11) is 0. The van der Waals surface area contributed by atoms with Crippen molar-refractivity contribution in [1.82, 2.24) is 4.90 Å². The van der Waals surface area contributed by atoms with Gasteiger partial charge >= 0.3 is 0 Å². The van der Waals surface area contributed by atoms with E-state index in [4.69, 9.17) is 0 Å². The van der Waals surface area contributed by atoms with Crippen LogP contribution < -0.4 is 5.01 Å². The van der Waals surface area contributed by atoms with Gasteiger partial charge in [-0.3, -0.25) is 4.90 Å².